The van der Waals surface area contributed by atoms with Gasteiger partial charge in [0.1, 0.15) is 6.42 Å². The molecule has 0 radical (unpaired) electrons. The molecule has 0 atom stereocenters. The molecule has 0 aliphatic carbocycles. The fourth-order valence-electron chi connectivity index (χ4n) is 2.23. The van der Waals surface area contributed by atoms with E-state index in [0.717, 1.165) is 0 Å². The minimum Gasteiger partial charge on any atom is -0.492 e. The van der Waals surface area contributed by atoms with E-state index < -0.39 is 11.8 Å². The van der Waals surface area contributed by atoms with E-state index in [-0.39, 0.29) is 6.42 Å². The minimum atomic E-state index is -0.541. The Bertz CT molecular complexity index is 872. The lowest BCUT2D eigenvalue weighted by Gasteiger charge is -2.11. The molecule has 0 saturated carbocycles. The summed E-state index contributed by atoms with van der Waals surface area (Å²) in [6, 6.07) is 10.1. The van der Waals surface area contributed by atoms with Crippen LogP contribution in [0.1, 0.15) is 18.9 Å². The van der Waals surface area contributed by atoms with Crippen LogP contribution in [0, 0.1) is 0 Å². The molecular formula is C19H19BrClN3O4. The van der Waals surface area contributed by atoms with E-state index in [4.69, 9.17) is 21.1 Å². The number of methoxy groups -OCH3 is 1. The number of hydrogen-bond donors (Lipinski definition) is 2. The van der Waals surface area contributed by atoms with E-state index in [1.165, 1.54) is 6.21 Å². The quantitative estimate of drug-likeness (QED) is 0.348. The maximum Gasteiger partial charge on any atom is 0.249 e. The van der Waals surface area contributed by atoms with Crippen molar-refractivity contribution in [1.82, 2.24) is 5.43 Å². The number of carbonyl (C=O) groups is 2. The Kier molecular flexibility index (Phi) is 8.28. The maximum atomic E-state index is 11.9. The van der Waals surface area contributed by atoms with Crippen LogP contribution < -0.4 is 20.2 Å². The first kappa shape index (κ1) is 21.7. The summed E-state index contributed by atoms with van der Waals surface area (Å²) in [5.41, 5.74) is 3.55. The molecule has 2 rings (SSSR count). The Morgan fingerprint density at radius 1 is 1.21 bits per heavy atom. The van der Waals surface area contributed by atoms with Crippen molar-refractivity contribution < 1.29 is 19.1 Å². The van der Waals surface area contributed by atoms with Crippen molar-refractivity contribution in [3.63, 3.8) is 0 Å². The topological polar surface area (TPSA) is 89.0 Å². The van der Waals surface area contributed by atoms with E-state index in [1.807, 2.05) is 6.92 Å². The number of carbonyl (C=O) groups excluding carboxylic acids is 2. The van der Waals surface area contributed by atoms with Crippen LogP contribution in [-0.2, 0) is 9.59 Å². The fourth-order valence-corrected chi connectivity index (χ4v) is 2.97. The van der Waals surface area contributed by atoms with Gasteiger partial charge in [-0.2, -0.15) is 5.10 Å². The lowest BCUT2D eigenvalue weighted by Crippen LogP contribution is -2.24. The van der Waals surface area contributed by atoms with Crippen molar-refractivity contribution in [3.8, 4) is 11.5 Å². The third-order valence-electron chi connectivity index (χ3n) is 3.39. The van der Waals surface area contributed by atoms with E-state index in [9.17, 15) is 9.59 Å². The summed E-state index contributed by atoms with van der Waals surface area (Å²) in [7, 11) is 1.55. The number of amides is 2. The van der Waals surface area contributed by atoms with Gasteiger partial charge in [0.25, 0.3) is 0 Å². The summed E-state index contributed by atoms with van der Waals surface area (Å²) < 4.78 is 11.5. The molecule has 0 bridgehead atoms. The Balaban J connectivity index is 1.92. The molecule has 0 heterocycles. The average Bonchev–Trinajstić information content (AvgIpc) is 2.64. The molecule has 0 spiro atoms. The van der Waals surface area contributed by atoms with Crippen LogP contribution in [0.15, 0.2) is 46.0 Å². The Hall–Kier alpha value is -2.58. The summed E-state index contributed by atoms with van der Waals surface area (Å²) in [4.78, 5) is 23.7. The van der Waals surface area contributed by atoms with Crippen LogP contribution in [0.2, 0.25) is 5.02 Å². The zero-order valence-electron chi connectivity index (χ0n) is 15.3. The zero-order chi connectivity index (χ0) is 20.5. The molecule has 0 aromatic heterocycles. The summed E-state index contributed by atoms with van der Waals surface area (Å²) in [5.74, 6) is 0.123. The average molecular weight is 469 g/mol. The molecular weight excluding hydrogens is 450 g/mol. The van der Waals surface area contributed by atoms with Gasteiger partial charge in [-0.25, -0.2) is 5.43 Å². The molecule has 2 aromatic rings. The maximum absolute atomic E-state index is 11.9. The van der Waals surface area contributed by atoms with Gasteiger partial charge >= 0.3 is 0 Å². The Labute approximate surface area is 176 Å². The lowest BCUT2D eigenvalue weighted by atomic mass is 10.2. The lowest BCUT2D eigenvalue weighted by molar-refractivity contribution is -0.126. The third kappa shape index (κ3) is 6.54. The van der Waals surface area contributed by atoms with Gasteiger partial charge in [-0.05, 0) is 64.8 Å². The summed E-state index contributed by atoms with van der Waals surface area (Å²) in [5, 5.41) is 7.03. The first-order valence-electron chi connectivity index (χ1n) is 8.30. The standard InChI is InChI=1S/C19H19BrClN3O4/c1-3-28-16-9-12(8-15(20)19(16)27-2)11-22-24-18(26)10-17(25)23-14-6-4-13(21)5-7-14/h4-9,11H,3,10H2,1-2H3,(H,23,25)(H,24,26). The molecule has 2 N–H and O–H groups in total. The first-order chi connectivity index (χ1) is 13.4. The Morgan fingerprint density at radius 2 is 1.93 bits per heavy atom. The zero-order valence-corrected chi connectivity index (χ0v) is 17.6. The van der Waals surface area contributed by atoms with Gasteiger partial charge < -0.3 is 14.8 Å². The molecule has 0 aliphatic heterocycles. The van der Waals surface area contributed by atoms with Gasteiger partial charge in [0.2, 0.25) is 11.8 Å². The number of anilines is 1. The normalized spacial score (nSPS) is 10.6. The van der Waals surface area contributed by atoms with Crippen molar-refractivity contribution in [1.29, 1.82) is 0 Å². The van der Waals surface area contributed by atoms with Crippen molar-refractivity contribution in [2.75, 3.05) is 19.0 Å². The predicted molar refractivity (Wildman–Crippen MR) is 112 cm³/mol. The van der Waals surface area contributed by atoms with E-state index >= 15 is 0 Å². The van der Waals surface area contributed by atoms with E-state index in [2.05, 4.69) is 31.8 Å². The second-order valence-electron chi connectivity index (χ2n) is 5.49. The molecule has 9 heteroatoms. The SMILES string of the molecule is CCOc1cc(C=NNC(=O)CC(=O)Nc2ccc(Cl)cc2)cc(Br)c1OC. The molecule has 0 aliphatic rings. The number of hydrogen-bond acceptors (Lipinski definition) is 5. The monoisotopic (exact) mass is 467 g/mol. The Morgan fingerprint density at radius 3 is 2.57 bits per heavy atom. The van der Waals surface area contributed by atoms with E-state index in [1.54, 1.807) is 43.5 Å². The molecule has 2 amide bonds. The second-order valence-corrected chi connectivity index (χ2v) is 6.78. The number of nitrogens with one attached hydrogen (secondary N) is 2. The van der Waals surface area contributed by atoms with Gasteiger partial charge in [0.15, 0.2) is 11.5 Å². The molecule has 0 fully saturated rings. The highest BCUT2D eigenvalue weighted by atomic mass is 79.9. The summed E-state index contributed by atoms with van der Waals surface area (Å²) in [6.07, 6.45) is 1.08. The number of benzene rings is 2. The third-order valence-corrected chi connectivity index (χ3v) is 4.23. The highest BCUT2D eigenvalue weighted by molar-refractivity contribution is 9.10. The number of rotatable bonds is 8. The van der Waals surface area contributed by atoms with Crippen molar-refractivity contribution >= 4 is 51.2 Å². The number of ether oxygens (including phenoxy) is 2. The molecule has 0 saturated heterocycles. The van der Waals surface area contributed by atoms with Gasteiger partial charge in [-0.15, -0.1) is 0 Å². The van der Waals surface area contributed by atoms with Gasteiger partial charge in [0, 0.05) is 10.7 Å². The van der Waals surface area contributed by atoms with E-state index in [0.29, 0.717) is 38.9 Å². The molecule has 0 unspecified atom stereocenters. The first-order valence-corrected chi connectivity index (χ1v) is 9.47. The van der Waals surface area contributed by atoms with Crippen LogP contribution in [0.4, 0.5) is 5.69 Å². The molecule has 2 aromatic carbocycles. The predicted octanol–water partition coefficient (Wildman–Crippen LogP) is 3.99. The molecule has 28 heavy (non-hydrogen) atoms. The summed E-state index contributed by atoms with van der Waals surface area (Å²) in [6.45, 7) is 2.34. The number of halogens is 2. The van der Waals surface area contributed by atoms with Crippen LogP contribution in [-0.4, -0.2) is 31.7 Å². The fraction of sp³-hybridized carbons (Fsp3) is 0.211. The van der Waals surface area contributed by atoms with Crippen molar-refractivity contribution in [2.45, 2.75) is 13.3 Å². The van der Waals surface area contributed by atoms with Gasteiger partial charge in [-0.3, -0.25) is 9.59 Å². The van der Waals surface area contributed by atoms with Crippen molar-refractivity contribution in [3.05, 3.63) is 51.5 Å². The minimum absolute atomic E-state index is 0.365. The van der Waals surface area contributed by atoms with Crippen LogP contribution in [0.3, 0.4) is 0 Å². The van der Waals surface area contributed by atoms with Gasteiger partial charge in [0.05, 0.1) is 24.4 Å². The highest BCUT2D eigenvalue weighted by Gasteiger charge is 2.11. The highest BCUT2D eigenvalue weighted by Crippen LogP contribution is 2.36. The van der Waals surface area contributed by atoms with Crippen molar-refractivity contribution in [2.24, 2.45) is 5.10 Å². The van der Waals surface area contributed by atoms with Crippen LogP contribution >= 0.6 is 27.5 Å². The smallest absolute Gasteiger partial charge is 0.249 e. The molecule has 7 nitrogen and oxygen atoms in total. The number of hydrazone groups is 1. The second kappa shape index (κ2) is 10.7. The van der Waals surface area contributed by atoms with Gasteiger partial charge in [-0.1, -0.05) is 11.6 Å². The molecule has 148 valence electrons. The largest absolute Gasteiger partial charge is 0.492 e. The number of nitrogens with zero attached hydrogens (tertiary/aromatic N) is 1. The summed E-state index contributed by atoms with van der Waals surface area (Å²) >= 11 is 9.19. The van der Waals surface area contributed by atoms with Crippen LogP contribution in [0.25, 0.3) is 0 Å². The van der Waals surface area contributed by atoms with Crippen LogP contribution in [0.5, 0.6) is 11.5 Å².